The van der Waals surface area contributed by atoms with E-state index in [9.17, 15) is 4.79 Å². The van der Waals surface area contributed by atoms with Crippen LogP contribution in [0.2, 0.25) is 5.02 Å². The predicted octanol–water partition coefficient (Wildman–Crippen LogP) is 4.52. The molecule has 0 fully saturated rings. The van der Waals surface area contributed by atoms with Crippen molar-refractivity contribution >= 4 is 23.2 Å². The summed E-state index contributed by atoms with van der Waals surface area (Å²) >= 11 is 6.05. The van der Waals surface area contributed by atoms with Gasteiger partial charge in [-0.15, -0.1) is 0 Å². The van der Waals surface area contributed by atoms with Gasteiger partial charge in [-0.25, -0.2) is 0 Å². The van der Waals surface area contributed by atoms with Crippen LogP contribution < -0.4 is 5.32 Å². The Morgan fingerprint density at radius 3 is 2.58 bits per heavy atom. The van der Waals surface area contributed by atoms with Gasteiger partial charge in [-0.05, 0) is 50.1 Å². The van der Waals surface area contributed by atoms with E-state index in [0.717, 1.165) is 22.4 Å². The number of anilines is 1. The van der Waals surface area contributed by atoms with Crippen molar-refractivity contribution in [1.82, 2.24) is 0 Å². The van der Waals surface area contributed by atoms with Crippen molar-refractivity contribution < 1.29 is 4.79 Å². The van der Waals surface area contributed by atoms with Gasteiger partial charge in [0.25, 0.3) is 5.91 Å². The largest absolute Gasteiger partial charge is 0.322 e. The van der Waals surface area contributed by atoms with Crippen molar-refractivity contribution in [3.05, 3.63) is 63.7 Å². The fraction of sp³-hybridized carbons (Fsp3) is 0.188. The third-order valence-electron chi connectivity index (χ3n) is 3.15. The predicted molar refractivity (Wildman–Crippen MR) is 80.1 cm³/mol. The Hall–Kier alpha value is -1.80. The molecule has 0 aliphatic carbocycles. The first-order chi connectivity index (χ1) is 8.99. The normalized spacial score (nSPS) is 10.3. The molecule has 0 aliphatic heterocycles. The molecule has 2 aromatic carbocycles. The minimum atomic E-state index is -0.105. The van der Waals surface area contributed by atoms with E-state index in [-0.39, 0.29) is 5.91 Å². The average molecular weight is 274 g/mol. The number of hydrogen-bond acceptors (Lipinski definition) is 1. The maximum atomic E-state index is 12.3. The van der Waals surface area contributed by atoms with E-state index >= 15 is 0 Å². The highest BCUT2D eigenvalue weighted by molar-refractivity contribution is 6.31. The lowest BCUT2D eigenvalue weighted by atomic mass is 10.0. The zero-order valence-electron chi connectivity index (χ0n) is 11.3. The highest BCUT2D eigenvalue weighted by atomic mass is 35.5. The second-order valence-electron chi connectivity index (χ2n) is 4.68. The number of rotatable bonds is 2. The number of benzene rings is 2. The number of hydrogen-bond donors (Lipinski definition) is 1. The van der Waals surface area contributed by atoms with Gasteiger partial charge in [-0.1, -0.05) is 35.4 Å². The standard InChI is InChI=1S/C16H16ClNO/c1-10-7-8-11(2)13(9-10)16(19)18-15-6-4-5-14(17)12(15)3/h4-9H,1-3H3,(H,18,19). The van der Waals surface area contributed by atoms with E-state index in [2.05, 4.69) is 5.32 Å². The summed E-state index contributed by atoms with van der Waals surface area (Å²) in [5, 5.41) is 3.56. The Kier molecular flexibility index (Phi) is 3.91. The summed E-state index contributed by atoms with van der Waals surface area (Å²) in [6.45, 7) is 5.79. The summed E-state index contributed by atoms with van der Waals surface area (Å²) < 4.78 is 0. The molecule has 0 atom stereocenters. The van der Waals surface area contributed by atoms with E-state index in [1.54, 1.807) is 0 Å². The molecule has 3 heteroatoms. The van der Waals surface area contributed by atoms with Crippen LogP contribution in [-0.4, -0.2) is 5.91 Å². The van der Waals surface area contributed by atoms with Crippen molar-refractivity contribution in [2.45, 2.75) is 20.8 Å². The molecule has 0 aliphatic rings. The second-order valence-corrected chi connectivity index (χ2v) is 5.09. The van der Waals surface area contributed by atoms with E-state index in [4.69, 9.17) is 11.6 Å². The van der Waals surface area contributed by atoms with Crippen LogP contribution in [0.3, 0.4) is 0 Å². The maximum absolute atomic E-state index is 12.3. The zero-order chi connectivity index (χ0) is 14.0. The first kappa shape index (κ1) is 13.6. The van der Waals surface area contributed by atoms with Gasteiger partial charge in [0, 0.05) is 16.3 Å². The number of carbonyl (C=O) groups excluding carboxylic acids is 1. The van der Waals surface area contributed by atoms with Gasteiger partial charge in [0.05, 0.1) is 0 Å². The molecule has 0 unspecified atom stereocenters. The first-order valence-corrected chi connectivity index (χ1v) is 6.50. The molecular formula is C16H16ClNO. The quantitative estimate of drug-likeness (QED) is 0.856. The van der Waals surface area contributed by atoms with E-state index in [1.807, 2.05) is 57.2 Å². The van der Waals surface area contributed by atoms with Gasteiger partial charge in [0.1, 0.15) is 0 Å². The number of aryl methyl sites for hydroxylation is 2. The van der Waals surface area contributed by atoms with Crippen LogP contribution in [0, 0.1) is 20.8 Å². The average Bonchev–Trinajstić information content (AvgIpc) is 2.38. The molecule has 1 N–H and O–H groups in total. The zero-order valence-corrected chi connectivity index (χ0v) is 12.0. The van der Waals surface area contributed by atoms with Gasteiger partial charge < -0.3 is 5.32 Å². The lowest BCUT2D eigenvalue weighted by Crippen LogP contribution is -2.14. The molecule has 98 valence electrons. The van der Waals surface area contributed by atoms with Crippen LogP contribution >= 0.6 is 11.6 Å². The maximum Gasteiger partial charge on any atom is 0.255 e. The van der Waals surface area contributed by atoms with Gasteiger partial charge in [-0.2, -0.15) is 0 Å². The van der Waals surface area contributed by atoms with E-state index in [1.165, 1.54) is 0 Å². The van der Waals surface area contributed by atoms with E-state index in [0.29, 0.717) is 10.6 Å². The van der Waals surface area contributed by atoms with Crippen LogP contribution in [-0.2, 0) is 0 Å². The molecule has 2 nitrogen and oxygen atoms in total. The lowest BCUT2D eigenvalue weighted by Gasteiger charge is -2.11. The first-order valence-electron chi connectivity index (χ1n) is 6.13. The van der Waals surface area contributed by atoms with Crippen molar-refractivity contribution in [2.75, 3.05) is 5.32 Å². The monoisotopic (exact) mass is 273 g/mol. The molecule has 2 aromatic rings. The topological polar surface area (TPSA) is 29.1 Å². The molecule has 0 saturated carbocycles. The fourth-order valence-electron chi connectivity index (χ4n) is 1.91. The second kappa shape index (κ2) is 5.45. The molecule has 0 saturated heterocycles. The Bertz CT molecular complexity index is 635. The van der Waals surface area contributed by atoms with Crippen molar-refractivity contribution in [1.29, 1.82) is 0 Å². The van der Waals surface area contributed by atoms with Gasteiger partial charge in [0.15, 0.2) is 0 Å². The molecule has 0 radical (unpaired) electrons. The summed E-state index contributed by atoms with van der Waals surface area (Å²) in [7, 11) is 0. The molecule has 1 amide bonds. The molecule has 0 spiro atoms. The third-order valence-corrected chi connectivity index (χ3v) is 3.56. The van der Waals surface area contributed by atoms with Crippen molar-refractivity contribution in [2.24, 2.45) is 0 Å². The van der Waals surface area contributed by atoms with Gasteiger partial charge in [-0.3, -0.25) is 4.79 Å². The molecule has 0 heterocycles. The van der Waals surface area contributed by atoms with Gasteiger partial charge in [0.2, 0.25) is 0 Å². The Labute approximate surface area is 118 Å². The smallest absolute Gasteiger partial charge is 0.255 e. The summed E-state index contributed by atoms with van der Waals surface area (Å²) in [6.07, 6.45) is 0. The molecule has 19 heavy (non-hydrogen) atoms. The molecule has 0 bridgehead atoms. The Morgan fingerprint density at radius 1 is 1.11 bits per heavy atom. The van der Waals surface area contributed by atoms with Crippen LogP contribution in [0.4, 0.5) is 5.69 Å². The highest BCUT2D eigenvalue weighted by Crippen LogP contribution is 2.24. The third kappa shape index (κ3) is 2.96. The molecular weight excluding hydrogens is 258 g/mol. The number of carbonyl (C=O) groups is 1. The van der Waals surface area contributed by atoms with Crippen LogP contribution in [0.25, 0.3) is 0 Å². The fourth-order valence-corrected chi connectivity index (χ4v) is 2.09. The summed E-state index contributed by atoms with van der Waals surface area (Å²) in [5.41, 5.74) is 4.35. The van der Waals surface area contributed by atoms with Gasteiger partial charge >= 0.3 is 0 Å². The SMILES string of the molecule is Cc1ccc(C)c(C(=O)Nc2cccc(Cl)c2C)c1. The summed E-state index contributed by atoms with van der Waals surface area (Å²) in [4.78, 5) is 12.3. The van der Waals surface area contributed by atoms with Crippen LogP contribution in [0.5, 0.6) is 0 Å². The lowest BCUT2D eigenvalue weighted by molar-refractivity contribution is 0.102. The summed E-state index contributed by atoms with van der Waals surface area (Å²) in [6, 6.07) is 11.3. The van der Waals surface area contributed by atoms with Crippen molar-refractivity contribution in [3.8, 4) is 0 Å². The Balaban J connectivity index is 2.31. The minimum absolute atomic E-state index is 0.105. The van der Waals surface area contributed by atoms with Crippen LogP contribution in [0.15, 0.2) is 36.4 Å². The number of nitrogens with one attached hydrogen (secondary N) is 1. The molecule has 0 aromatic heterocycles. The number of amides is 1. The van der Waals surface area contributed by atoms with Crippen molar-refractivity contribution in [3.63, 3.8) is 0 Å². The Morgan fingerprint density at radius 2 is 1.84 bits per heavy atom. The highest BCUT2D eigenvalue weighted by Gasteiger charge is 2.11. The summed E-state index contributed by atoms with van der Waals surface area (Å²) in [5.74, 6) is -0.105. The van der Waals surface area contributed by atoms with Crippen LogP contribution in [0.1, 0.15) is 27.0 Å². The van der Waals surface area contributed by atoms with E-state index < -0.39 is 0 Å². The minimum Gasteiger partial charge on any atom is -0.322 e. The molecule has 2 rings (SSSR count). The number of halogens is 1.